The molecular formula is C18H20F3N3O. The monoisotopic (exact) mass is 351 g/mol. The highest BCUT2D eigenvalue weighted by molar-refractivity contribution is 5.81. The number of rotatable bonds is 2. The summed E-state index contributed by atoms with van der Waals surface area (Å²) in [6, 6.07) is 8.55. The number of piperidine rings is 1. The number of pyridine rings is 1. The molecule has 2 aromatic rings. The molecule has 0 bridgehead atoms. The molecule has 134 valence electrons. The van der Waals surface area contributed by atoms with Gasteiger partial charge in [-0.2, -0.15) is 0 Å². The molecule has 2 aliphatic heterocycles. The minimum Gasteiger partial charge on any atom is -0.406 e. The van der Waals surface area contributed by atoms with E-state index in [-0.39, 0.29) is 5.75 Å². The second-order valence-corrected chi connectivity index (χ2v) is 6.70. The van der Waals surface area contributed by atoms with Gasteiger partial charge in [-0.1, -0.05) is 6.42 Å². The molecule has 0 aliphatic carbocycles. The molecule has 0 amide bonds. The molecule has 25 heavy (non-hydrogen) atoms. The van der Waals surface area contributed by atoms with Crippen LogP contribution in [0.25, 0.3) is 10.9 Å². The Morgan fingerprint density at radius 3 is 2.76 bits per heavy atom. The maximum absolute atomic E-state index is 12.3. The minimum atomic E-state index is -4.68. The van der Waals surface area contributed by atoms with Crippen LogP contribution in [0.1, 0.15) is 19.3 Å². The summed E-state index contributed by atoms with van der Waals surface area (Å²) in [6.07, 6.45) is -0.891. The van der Waals surface area contributed by atoms with Crippen LogP contribution < -0.4 is 9.64 Å². The largest absolute Gasteiger partial charge is 0.573 e. The first-order valence-electron chi connectivity index (χ1n) is 8.63. The van der Waals surface area contributed by atoms with Crippen LogP contribution in [-0.2, 0) is 0 Å². The third kappa shape index (κ3) is 3.66. The van der Waals surface area contributed by atoms with Crippen LogP contribution in [0.3, 0.4) is 0 Å². The summed E-state index contributed by atoms with van der Waals surface area (Å²) in [7, 11) is 0. The molecule has 2 fully saturated rings. The third-order valence-electron chi connectivity index (χ3n) is 5.04. The zero-order chi connectivity index (χ0) is 17.4. The van der Waals surface area contributed by atoms with Gasteiger partial charge in [0.1, 0.15) is 11.6 Å². The van der Waals surface area contributed by atoms with E-state index in [1.807, 2.05) is 12.1 Å². The maximum Gasteiger partial charge on any atom is 0.573 e. The zero-order valence-electron chi connectivity index (χ0n) is 13.8. The van der Waals surface area contributed by atoms with Gasteiger partial charge < -0.3 is 9.64 Å². The van der Waals surface area contributed by atoms with E-state index < -0.39 is 6.36 Å². The second-order valence-electron chi connectivity index (χ2n) is 6.70. The van der Waals surface area contributed by atoms with Gasteiger partial charge in [0.05, 0.1) is 5.52 Å². The number of nitrogens with zero attached hydrogens (tertiary/aromatic N) is 3. The number of aromatic nitrogens is 1. The molecule has 3 heterocycles. The Morgan fingerprint density at radius 2 is 1.92 bits per heavy atom. The van der Waals surface area contributed by atoms with Crippen LogP contribution >= 0.6 is 0 Å². The van der Waals surface area contributed by atoms with Gasteiger partial charge in [-0.25, -0.2) is 4.98 Å². The lowest BCUT2D eigenvalue weighted by molar-refractivity contribution is -0.274. The summed E-state index contributed by atoms with van der Waals surface area (Å²) in [4.78, 5) is 9.49. The topological polar surface area (TPSA) is 28.6 Å². The smallest absolute Gasteiger partial charge is 0.406 e. The summed E-state index contributed by atoms with van der Waals surface area (Å²) in [5, 5.41) is 0.641. The number of hydrogen-bond donors (Lipinski definition) is 0. The van der Waals surface area contributed by atoms with Crippen molar-refractivity contribution >= 4 is 16.7 Å². The number of benzene rings is 1. The molecule has 7 heteroatoms. The van der Waals surface area contributed by atoms with Crippen molar-refractivity contribution in [1.82, 2.24) is 9.88 Å². The molecule has 0 radical (unpaired) electrons. The molecule has 4 nitrogen and oxygen atoms in total. The van der Waals surface area contributed by atoms with Crippen LogP contribution in [0.15, 0.2) is 30.3 Å². The van der Waals surface area contributed by atoms with Crippen molar-refractivity contribution in [2.45, 2.75) is 31.7 Å². The van der Waals surface area contributed by atoms with Crippen LogP contribution in [-0.4, -0.2) is 48.5 Å². The molecule has 1 aromatic carbocycles. The first-order chi connectivity index (χ1) is 12.0. The lowest BCUT2D eigenvalue weighted by Gasteiger charge is -2.44. The Bertz CT molecular complexity index is 765. The number of ether oxygens (including phenoxy) is 1. The van der Waals surface area contributed by atoms with Crippen LogP contribution in [0, 0.1) is 0 Å². The van der Waals surface area contributed by atoms with Crippen molar-refractivity contribution in [3.8, 4) is 5.75 Å². The second kappa shape index (κ2) is 6.37. The van der Waals surface area contributed by atoms with Crippen LogP contribution in [0.5, 0.6) is 5.75 Å². The fraction of sp³-hybridized carbons (Fsp3) is 0.500. The highest BCUT2D eigenvalue weighted by atomic mass is 19.4. The minimum absolute atomic E-state index is 0.217. The molecular weight excluding hydrogens is 331 g/mol. The highest BCUT2D eigenvalue weighted by Crippen LogP contribution is 2.28. The maximum atomic E-state index is 12.3. The van der Waals surface area contributed by atoms with Gasteiger partial charge in [-0.05, 0) is 49.7 Å². The first-order valence-corrected chi connectivity index (χ1v) is 8.63. The molecule has 1 atom stereocenters. The lowest BCUT2D eigenvalue weighted by atomic mass is 9.99. The van der Waals surface area contributed by atoms with E-state index in [1.165, 1.54) is 37.9 Å². The van der Waals surface area contributed by atoms with Crippen molar-refractivity contribution in [1.29, 1.82) is 0 Å². The van der Waals surface area contributed by atoms with Crippen molar-refractivity contribution in [2.75, 3.05) is 31.1 Å². The van der Waals surface area contributed by atoms with Crippen LogP contribution in [0.4, 0.5) is 19.0 Å². The van der Waals surface area contributed by atoms with Gasteiger partial charge in [0.25, 0.3) is 0 Å². The van der Waals surface area contributed by atoms with Gasteiger partial charge in [-0.15, -0.1) is 13.2 Å². The van der Waals surface area contributed by atoms with Crippen molar-refractivity contribution < 1.29 is 17.9 Å². The van der Waals surface area contributed by atoms with Gasteiger partial charge >= 0.3 is 6.36 Å². The van der Waals surface area contributed by atoms with E-state index in [2.05, 4.69) is 19.5 Å². The van der Waals surface area contributed by atoms with E-state index in [4.69, 9.17) is 0 Å². The van der Waals surface area contributed by atoms with Gasteiger partial charge in [-0.3, -0.25) is 4.90 Å². The van der Waals surface area contributed by atoms with E-state index in [0.717, 1.165) is 25.5 Å². The lowest BCUT2D eigenvalue weighted by Crippen LogP contribution is -2.55. The molecule has 0 unspecified atom stereocenters. The van der Waals surface area contributed by atoms with Gasteiger partial charge in [0.15, 0.2) is 0 Å². The van der Waals surface area contributed by atoms with Crippen LogP contribution in [0.2, 0.25) is 0 Å². The Balaban J connectivity index is 1.54. The molecule has 0 N–H and O–H groups in total. The van der Waals surface area contributed by atoms with Crippen molar-refractivity contribution in [3.63, 3.8) is 0 Å². The molecule has 0 saturated carbocycles. The fourth-order valence-electron chi connectivity index (χ4n) is 3.83. The third-order valence-corrected chi connectivity index (χ3v) is 5.04. The first kappa shape index (κ1) is 16.4. The van der Waals surface area contributed by atoms with Gasteiger partial charge in [0, 0.05) is 31.1 Å². The summed E-state index contributed by atoms with van der Waals surface area (Å²) in [6.45, 7) is 4.13. The number of hydrogen-bond acceptors (Lipinski definition) is 4. The number of alkyl halides is 3. The van der Waals surface area contributed by atoms with Gasteiger partial charge in [0.2, 0.25) is 0 Å². The zero-order valence-corrected chi connectivity index (χ0v) is 13.8. The summed E-state index contributed by atoms with van der Waals surface area (Å²) < 4.78 is 41.0. The van der Waals surface area contributed by atoms with E-state index in [0.29, 0.717) is 16.9 Å². The number of piperazine rings is 1. The molecule has 1 aromatic heterocycles. The number of halogens is 3. The Kier molecular flexibility index (Phi) is 4.19. The molecule has 2 saturated heterocycles. The average Bonchev–Trinajstić information content (AvgIpc) is 2.59. The Morgan fingerprint density at radius 1 is 1.04 bits per heavy atom. The number of fused-ring (bicyclic) bond motifs is 2. The molecule has 2 aliphatic rings. The molecule has 4 rings (SSSR count). The number of anilines is 1. The van der Waals surface area contributed by atoms with E-state index in [9.17, 15) is 13.2 Å². The Hall–Kier alpha value is -2.02. The summed E-state index contributed by atoms with van der Waals surface area (Å²) in [5.41, 5.74) is 0.679. The SMILES string of the molecule is FC(F)(F)Oc1ccc2nc(N3CCN4CCCC[C@@H]4C3)ccc2c1. The van der Waals surface area contributed by atoms with Crippen molar-refractivity contribution in [2.24, 2.45) is 0 Å². The summed E-state index contributed by atoms with van der Waals surface area (Å²) >= 11 is 0. The standard InChI is InChI=1S/C18H20F3N3O/c19-18(20,21)25-15-5-6-16-13(11-15)4-7-17(22-16)24-10-9-23-8-2-1-3-14(23)12-24/h4-7,11,14H,1-3,8-10,12H2/t14-/m1/s1. The van der Waals surface area contributed by atoms with E-state index >= 15 is 0 Å². The quantitative estimate of drug-likeness (QED) is 0.823. The van der Waals surface area contributed by atoms with Crippen molar-refractivity contribution in [3.05, 3.63) is 30.3 Å². The summed E-state index contributed by atoms with van der Waals surface area (Å²) in [5.74, 6) is 0.674. The van der Waals surface area contributed by atoms with E-state index in [1.54, 1.807) is 6.07 Å². The predicted molar refractivity (Wildman–Crippen MR) is 89.9 cm³/mol. The molecule has 0 spiro atoms. The average molecular weight is 351 g/mol. The normalized spacial score (nSPS) is 22.0. The fourth-order valence-corrected chi connectivity index (χ4v) is 3.83. The highest BCUT2D eigenvalue weighted by Gasteiger charge is 2.31. The Labute approximate surface area is 144 Å². The predicted octanol–water partition coefficient (Wildman–Crippen LogP) is 3.81.